The predicted octanol–water partition coefficient (Wildman–Crippen LogP) is -5.45. The van der Waals surface area contributed by atoms with Crippen molar-refractivity contribution in [3.8, 4) is 0 Å². The molecule has 0 spiro atoms. The molecule has 0 N–H and O–H groups in total. The fraction of sp³-hybridized carbons (Fsp3) is 0.636. The van der Waals surface area contributed by atoms with Gasteiger partial charge in [0.2, 0.25) is 0 Å². The SMILES string of the molecule is CC1=CC2=C(CCCC2)[C]1(C)[Ti+3].[Cl-].[Cl-].[Cl-]. The summed E-state index contributed by atoms with van der Waals surface area (Å²) in [7, 11) is 0. The van der Waals surface area contributed by atoms with Crippen LogP contribution in [-0.4, -0.2) is 0 Å². The second-order valence-corrected chi connectivity index (χ2v) is 5.72. The van der Waals surface area contributed by atoms with Gasteiger partial charge in [-0.3, -0.25) is 0 Å². The van der Waals surface area contributed by atoms with Gasteiger partial charge in [-0.25, -0.2) is 0 Å². The van der Waals surface area contributed by atoms with Crippen LogP contribution in [0.1, 0.15) is 39.5 Å². The summed E-state index contributed by atoms with van der Waals surface area (Å²) in [6.45, 7) is 4.64. The molecule has 0 bridgehead atoms. The third-order valence-corrected chi connectivity index (χ3v) is 4.38. The smallest absolute Gasteiger partial charge is 1.00 e. The second-order valence-electron chi connectivity index (χ2n) is 4.16. The molecule has 0 fully saturated rings. The fourth-order valence-electron chi connectivity index (χ4n) is 2.30. The van der Waals surface area contributed by atoms with Gasteiger partial charge in [0.15, 0.2) is 0 Å². The molecule has 0 saturated carbocycles. The van der Waals surface area contributed by atoms with Crippen molar-refractivity contribution < 1.29 is 57.7 Å². The van der Waals surface area contributed by atoms with Crippen molar-refractivity contribution in [3.05, 3.63) is 22.8 Å². The Balaban J connectivity index is 0. The first-order valence-corrected chi connectivity index (χ1v) is 5.57. The second kappa shape index (κ2) is 6.72. The predicted molar refractivity (Wildman–Crippen MR) is 47.6 cm³/mol. The van der Waals surface area contributed by atoms with E-state index < -0.39 is 0 Å². The van der Waals surface area contributed by atoms with Gasteiger partial charge in [-0.2, -0.15) is 0 Å². The van der Waals surface area contributed by atoms with Crippen LogP contribution in [0.15, 0.2) is 22.8 Å². The zero-order valence-corrected chi connectivity index (χ0v) is 12.9. The maximum absolute atomic E-state index is 2.43. The standard InChI is InChI=1S/C11H15.3ClH.Ti/c1-8-7-10-5-3-4-6-11(10)9(8)2;;;;/h7H,3-6H2,1-2H3;3*1H;/q;;;;+3/p-3. The van der Waals surface area contributed by atoms with Crippen LogP contribution in [0.5, 0.6) is 0 Å². The normalized spacial score (nSPS) is 28.1. The quantitative estimate of drug-likeness (QED) is 0.392. The van der Waals surface area contributed by atoms with Crippen LogP contribution < -0.4 is 37.2 Å². The first kappa shape index (κ1) is 18.4. The van der Waals surface area contributed by atoms with E-state index in [1.807, 2.05) is 0 Å². The summed E-state index contributed by atoms with van der Waals surface area (Å²) >= 11 is 2.37. The minimum Gasteiger partial charge on any atom is -1.00 e. The van der Waals surface area contributed by atoms with Gasteiger partial charge in [0, 0.05) is 0 Å². The largest absolute Gasteiger partial charge is 1.00 e. The molecule has 4 heteroatoms. The van der Waals surface area contributed by atoms with Crippen LogP contribution in [0.25, 0.3) is 0 Å². The fourth-order valence-corrected chi connectivity index (χ4v) is 2.86. The van der Waals surface area contributed by atoms with Crippen LogP contribution in [0.4, 0.5) is 0 Å². The molecule has 1 unspecified atom stereocenters. The molecule has 0 aromatic rings. The summed E-state index contributed by atoms with van der Waals surface area (Å²) in [5, 5.41) is 0. The van der Waals surface area contributed by atoms with E-state index in [4.69, 9.17) is 0 Å². The molecule has 0 radical (unpaired) electrons. The molecule has 0 nitrogen and oxygen atoms in total. The monoisotopic (exact) mass is 300 g/mol. The molecule has 2 aliphatic rings. The van der Waals surface area contributed by atoms with Crippen LogP contribution in [-0.2, 0) is 20.4 Å². The topological polar surface area (TPSA) is 0 Å². The molecule has 2 rings (SSSR count). The Morgan fingerprint density at radius 2 is 1.67 bits per heavy atom. The van der Waals surface area contributed by atoms with Crippen LogP contribution in [0.3, 0.4) is 0 Å². The average Bonchev–Trinajstić information content (AvgIpc) is 2.25. The molecule has 0 aromatic heterocycles. The summed E-state index contributed by atoms with van der Waals surface area (Å²) in [6.07, 6.45) is 7.91. The number of allylic oxidation sites excluding steroid dienone is 4. The molecular weight excluding hydrogens is 286 g/mol. The van der Waals surface area contributed by atoms with Gasteiger partial charge in [-0.1, -0.05) is 0 Å². The van der Waals surface area contributed by atoms with Gasteiger partial charge in [0.1, 0.15) is 0 Å². The van der Waals surface area contributed by atoms with E-state index >= 15 is 0 Å². The van der Waals surface area contributed by atoms with Crippen LogP contribution in [0.2, 0.25) is 3.72 Å². The molecule has 1 atom stereocenters. The summed E-state index contributed by atoms with van der Waals surface area (Å²) < 4.78 is 0.385. The van der Waals surface area contributed by atoms with Crippen molar-refractivity contribution in [1.29, 1.82) is 0 Å². The van der Waals surface area contributed by atoms with E-state index in [1.165, 1.54) is 25.7 Å². The number of hydrogen-bond donors (Lipinski definition) is 0. The Morgan fingerprint density at radius 1 is 1.13 bits per heavy atom. The van der Waals surface area contributed by atoms with Gasteiger partial charge in [-0.05, 0) is 0 Å². The minimum absolute atomic E-state index is 0. The van der Waals surface area contributed by atoms with Crippen molar-refractivity contribution in [2.45, 2.75) is 43.3 Å². The molecule has 0 saturated heterocycles. The first-order valence-electron chi connectivity index (χ1n) is 4.78. The third-order valence-electron chi connectivity index (χ3n) is 3.29. The van der Waals surface area contributed by atoms with E-state index in [0.717, 1.165) is 0 Å². The van der Waals surface area contributed by atoms with Gasteiger partial charge in [0.05, 0.1) is 0 Å². The Morgan fingerprint density at radius 3 is 2.20 bits per heavy atom. The van der Waals surface area contributed by atoms with Crippen molar-refractivity contribution in [3.63, 3.8) is 0 Å². The zero-order chi connectivity index (χ0) is 8.77. The molecule has 0 heterocycles. The number of halogens is 3. The molecule has 15 heavy (non-hydrogen) atoms. The summed E-state index contributed by atoms with van der Waals surface area (Å²) in [5.41, 5.74) is 4.95. The maximum atomic E-state index is 2.43. The Labute approximate surface area is 123 Å². The van der Waals surface area contributed by atoms with E-state index in [0.29, 0.717) is 3.72 Å². The zero-order valence-electron chi connectivity index (χ0n) is 9.04. The first-order chi connectivity index (χ1) is 5.62. The van der Waals surface area contributed by atoms with Crippen molar-refractivity contribution in [1.82, 2.24) is 0 Å². The average molecular weight is 301 g/mol. The van der Waals surface area contributed by atoms with Gasteiger partial charge in [0.25, 0.3) is 0 Å². The van der Waals surface area contributed by atoms with E-state index in [2.05, 4.69) is 40.4 Å². The van der Waals surface area contributed by atoms with Crippen LogP contribution >= 0.6 is 0 Å². The van der Waals surface area contributed by atoms with Gasteiger partial charge in [-0.15, -0.1) is 0 Å². The minimum atomic E-state index is 0. The Hall–Kier alpha value is 1.06. The Bertz CT molecular complexity index is 280. The van der Waals surface area contributed by atoms with E-state index in [9.17, 15) is 0 Å². The van der Waals surface area contributed by atoms with Crippen molar-refractivity contribution >= 4 is 0 Å². The molecule has 0 aromatic carbocycles. The third kappa shape index (κ3) is 3.26. The maximum Gasteiger partial charge on any atom is -1.00 e. The van der Waals surface area contributed by atoms with Gasteiger partial charge >= 0.3 is 86.5 Å². The van der Waals surface area contributed by atoms with Crippen molar-refractivity contribution in [2.75, 3.05) is 0 Å². The van der Waals surface area contributed by atoms with Gasteiger partial charge < -0.3 is 37.2 Å². The van der Waals surface area contributed by atoms with Crippen LogP contribution in [0, 0.1) is 0 Å². The number of hydrogen-bond acceptors (Lipinski definition) is 0. The summed E-state index contributed by atoms with van der Waals surface area (Å²) in [5.74, 6) is 0. The van der Waals surface area contributed by atoms with E-state index in [1.54, 1.807) is 16.7 Å². The molecule has 84 valence electrons. The van der Waals surface area contributed by atoms with Crippen molar-refractivity contribution in [2.24, 2.45) is 0 Å². The molecule has 0 aliphatic heterocycles. The molecule has 2 aliphatic carbocycles. The summed E-state index contributed by atoms with van der Waals surface area (Å²) in [4.78, 5) is 0. The molecular formula is C11H15Cl3Ti. The number of rotatable bonds is 0. The molecule has 0 amide bonds. The van der Waals surface area contributed by atoms with E-state index in [-0.39, 0.29) is 37.2 Å². The Kier molecular flexibility index (Phi) is 8.25. The summed E-state index contributed by atoms with van der Waals surface area (Å²) in [6, 6.07) is 0.